The van der Waals surface area contributed by atoms with E-state index in [-0.39, 0.29) is 17.9 Å². The number of hydrogen-bond acceptors (Lipinski definition) is 7. The zero-order valence-corrected chi connectivity index (χ0v) is 16.7. The fourth-order valence-corrected chi connectivity index (χ4v) is 3.48. The molecule has 1 amide bonds. The lowest BCUT2D eigenvalue weighted by Gasteiger charge is -2.36. The van der Waals surface area contributed by atoms with E-state index in [0.29, 0.717) is 30.8 Å². The molecule has 1 saturated heterocycles. The quantitative estimate of drug-likeness (QED) is 0.688. The molecule has 8 nitrogen and oxygen atoms in total. The number of anilines is 3. The average Bonchev–Trinajstić information content (AvgIpc) is 3.18. The first-order chi connectivity index (χ1) is 14.0. The predicted octanol–water partition coefficient (Wildman–Crippen LogP) is 3.14. The molecule has 2 N–H and O–H groups in total. The van der Waals surface area contributed by atoms with Crippen molar-refractivity contribution in [3.05, 3.63) is 48.4 Å². The molecule has 1 fully saturated rings. The molecule has 2 aromatic heterocycles. The number of carbonyl (C=O) groups excluding carboxylic acids is 1. The Hall–Kier alpha value is -3.42. The third-order valence-electron chi connectivity index (χ3n) is 4.83. The molecule has 8 heteroatoms. The van der Waals surface area contributed by atoms with Crippen LogP contribution < -0.4 is 15.5 Å². The van der Waals surface area contributed by atoms with Gasteiger partial charge in [-0.3, -0.25) is 4.79 Å². The number of hydrogen-bond donors (Lipinski definition) is 2. The van der Waals surface area contributed by atoms with Crippen LogP contribution in [0.5, 0.6) is 0 Å². The molecule has 3 heterocycles. The molecule has 0 aliphatic carbocycles. The van der Waals surface area contributed by atoms with Crippen LogP contribution in [-0.4, -0.2) is 40.0 Å². The normalized spacial score (nSPS) is 16.8. The summed E-state index contributed by atoms with van der Waals surface area (Å²) in [6, 6.07) is 9.81. The third-order valence-corrected chi connectivity index (χ3v) is 4.83. The Labute approximate surface area is 169 Å². The Kier molecular flexibility index (Phi) is 5.16. The maximum atomic E-state index is 12.3. The number of aryl methyl sites for hydroxylation is 1. The van der Waals surface area contributed by atoms with Crippen LogP contribution in [0.25, 0.3) is 11.3 Å². The van der Waals surface area contributed by atoms with E-state index in [4.69, 9.17) is 4.42 Å². The van der Waals surface area contributed by atoms with Gasteiger partial charge >= 0.3 is 0 Å². The summed E-state index contributed by atoms with van der Waals surface area (Å²) in [5.41, 5.74) is 2.62. The van der Waals surface area contributed by atoms with Crippen LogP contribution in [0.15, 0.2) is 47.1 Å². The van der Waals surface area contributed by atoms with E-state index in [0.717, 1.165) is 16.9 Å². The van der Waals surface area contributed by atoms with Crippen molar-refractivity contribution in [1.29, 1.82) is 0 Å². The van der Waals surface area contributed by atoms with Gasteiger partial charge in [0.2, 0.25) is 11.9 Å². The third kappa shape index (κ3) is 4.06. The topological polar surface area (TPSA) is 96.2 Å². The molecule has 0 unspecified atom stereocenters. The summed E-state index contributed by atoms with van der Waals surface area (Å²) in [6.07, 6.45) is 3.42. The smallest absolute Gasteiger partial charge is 0.298 e. The summed E-state index contributed by atoms with van der Waals surface area (Å²) in [5.74, 6) is 1.34. The summed E-state index contributed by atoms with van der Waals surface area (Å²) in [6.45, 7) is 7.21. The minimum absolute atomic E-state index is 0.00959. The average molecular weight is 392 g/mol. The van der Waals surface area contributed by atoms with E-state index in [2.05, 4.69) is 25.6 Å². The molecule has 0 spiro atoms. The minimum Gasteiger partial charge on any atom is -0.423 e. The highest BCUT2D eigenvalue weighted by Crippen LogP contribution is 2.29. The maximum absolute atomic E-state index is 12.3. The second-order valence-electron chi connectivity index (χ2n) is 7.41. The van der Waals surface area contributed by atoms with Gasteiger partial charge in [0, 0.05) is 36.2 Å². The second-order valence-corrected chi connectivity index (χ2v) is 7.41. The lowest BCUT2D eigenvalue weighted by Crippen LogP contribution is -2.57. The summed E-state index contributed by atoms with van der Waals surface area (Å²) in [7, 11) is 0. The van der Waals surface area contributed by atoms with Crippen molar-refractivity contribution in [1.82, 2.24) is 20.3 Å². The number of rotatable bonds is 5. The number of oxazole rings is 1. The van der Waals surface area contributed by atoms with E-state index in [1.54, 1.807) is 12.4 Å². The molecular formula is C21H24N6O2. The summed E-state index contributed by atoms with van der Waals surface area (Å²) >= 11 is 0. The second kappa shape index (κ2) is 7.90. The lowest BCUT2D eigenvalue weighted by molar-refractivity contribution is -0.124. The van der Waals surface area contributed by atoms with Gasteiger partial charge in [-0.15, -0.1) is 0 Å². The van der Waals surface area contributed by atoms with Crippen LogP contribution in [0, 0.1) is 12.8 Å². The zero-order valence-electron chi connectivity index (χ0n) is 16.7. The molecule has 150 valence electrons. The fourth-order valence-electron chi connectivity index (χ4n) is 3.48. The maximum Gasteiger partial charge on any atom is 0.298 e. The van der Waals surface area contributed by atoms with Gasteiger partial charge in [-0.05, 0) is 31.0 Å². The molecule has 0 radical (unpaired) electrons. The first-order valence-electron chi connectivity index (χ1n) is 9.68. The van der Waals surface area contributed by atoms with Gasteiger partial charge in [0.25, 0.3) is 6.01 Å². The van der Waals surface area contributed by atoms with E-state index >= 15 is 0 Å². The summed E-state index contributed by atoms with van der Waals surface area (Å²) in [4.78, 5) is 27.3. The van der Waals surface area contributed by atoms with Crippen molar-refractivity contribution in [2.24, 2.45) is 5.92 Å². The van der Waals surface area contributed by atoms with Crippen molar-refractivity contribution in [3.8, 4) is 11.3 Å². The number of amides is 1. The Balaban J connectivity index is 1.57. The van der Waals surface area contributed by atoms with Gasteiger partial charge in [-0.1, -0.05) is 26.0 Å². The van der Waals surface area contributed by atoms with Crippen molar-refractivity contribution in [2.75, 3.05) is 23.3 Å². The number of piperazine rings is 1. The number of nitrogens with zero attached hydrogens (tertiary/aromatic N) is 4. The van der Waals surface area contributed by atoms with E-state index < -0.39 is 0 Å². The van der Waals surface area contributed by atoms with E-state index in [1.807, 2.05) is 56.0 Å². The van der Waals surface area contributed by atoms with Crippen LogP contribution in [0.3, 0.4) is 0 Å². The van der Waals surface area contributed by atoms with Gasteiger partial charge in [-0.2, -0.15) is 0 Å². The van der Waals surface area contributed by atoms with Crippen LogP contribution >= 0.6 is 0 Å². The molecule has 0 saturated carbocycles. The number of benzene rings is 1. The van der Waals surface area contributed by atoms with Crippen molar-refractivity contribution in [3.63, 3.8) is 0 Å². The SMILES string of the molecule is Cc1ccnc(Nc2cccc(-c3cnc(N4CCNC(=O)[C@@H]4C(C)C)o3)c2)n1. The monoisotopic (exact) mass is 392 g/mol. The highest BCUT2D eigenvalue weighted by molar-refractivity contribution is 5.86. The minimum atomic E-state index is -0.290. The molecule has 1 aliphatic heterocycles. The zero-order chi connectivity index (χ0) is 20.4. The van der Waals surface area contributed by atoms with Gasteiger partial charge in [0.1, 0.15) is 6.04 Å². The van der Waals surface area contributed by atoms with E-state index in [1.165, 1.54) is 0 Å². The number of aromatic nitrogens is 3. The van der Waals surface area contributed by atoms with Crippen molar-refractivity contribution in [2.45, 2.75) is 26.8 Å². The Morgan fingerprint density at radius 2 is 2.14 bits per heavy atom. The van der Waals surface area contributed by atoms with Gasteiger partial charge in [-0.25, -0.2) is 15.0 Å². The first-order valence-corrected chi connectivity index (χ1v) is 9.68. The van der Waals surface area contributed by atoms with Crippen molar-refractivity contribution < 1.29 is 9.21 Å². The molecule has 4 rings (SSSR count). The Morgan fingerprint density at radius 1 is 1.28 bits per heavy atom. The number of nitrogens with one attached hydrogen (secondary N) is 2. The molecular weight excluding hydrogens is 368 g/mol. The Bertz CT molecular complexity index is 1020. The fraction of sp³-hybridized carbons (Fsp3) is 0.333. The highest BCUT2D eigenvalue weighted by atomic mass is 16.4. The van der Waals surface area contributed by atoms with Crippen LogP contribution in [0.1, 0.15) is 19.5 Å². The van der Waals surface area contributed by atoms with Crippen LogP contribution in [-0.2, 0) is 4.79 Å². The largest absolute Gasteiger partial charge is 0.423 e. The highest BCUT2D eigenvalue weighted by Gasteiger charge is 2.34. The standard InChI is InChI=1S/C21H24N6O2/c1-13(2)18-19(28)22-9-10-27(18)21-24-12-17(29-21)15-5-4-6-16(11-15)26-20-23-8-7-14(3)25-20/h4-8,11-13,18H,9-10H2,1-3H3,(H,22,28)(H,23,25,26)/t18-/m0/s1. The summed E-state index contributed by atoms with van der Waals surface area (Å²) < 4.78 is 6.04. The van der Waals surface area contributed by atoms with Gasteiger partial charge in [0.15, 0.2) is 5.76 Å². The molecule has 0 bridgehead atoms. The molecule has 29 heavy (non-hydrogen) atoms. The van der Waals surface area contributed by atoms with Gasteiger partial charge in [0.05, 0.1) is 6.20 Å². The van der Waals surface area contributed by atoms with Gasteiger partial charge < -0.3 is 20.0 Å². The van der Waals surface area contributed by atoms with Crippen LogP contribution in [0.2, 0.25) is 0 Å². The van der Waals surface area contributed by atoms with Crippen LogP contribution in [0.4, 0.5) is 17.7 Å². The molecule has 3 aromatic rings. The summed E-state index contributed by atoms with van der Waals surface area (Å²) in [5, 5.41) is 6.12. The molecule has 1 aromatic carbocycles. The van der Waals surface area contributed by atoms with E-state index in [9.17, 15) is 4.79 Å². The predicted molar refractivity (Wildman–Crippen MR) is 111 cm³/mol. The Morgan fingerprint density at radius 3 is 2.93 bits per heavy atom. The first kappa shape index (κ1) is 18.9. The molecule has 1 aliphatic rings. The lowest BCUT2D eigenvalue weighted by atomic mass is 10.0. The van der Waals surface area contributed by atoms with Crippen molar-refractivity contribution >= 4 is 23.6 Å². The number of carbonyl (C=O) groups is 1. The molecule has 1 atom stereocenters.